The molecular formula is C17H37IN6. The summed E-state index contributed by atoms with van der Waals surface area (Å²) < 4.78 is 0. The number of likely N-dealkylation sites (N-methyl/N-ethyl adjacent to an activating group) is 1. The maximum Gasteiger partial charge on any atom is 0.191 e. The highest BCUT2D eigenvalue weighted by Crippen LogP contribution is 2.07. The third-order valence-corrected chi connectivity index (χ3v) is 5.12. The number of rotatable bonds is 6. The summed E-state index contributed by atoms with van der Waals surface area (Å²) in [7, 11) is 4.06. The highest BCUT2D eigenvalue weighted by Gasteiger charge is 2.19. The smallest absolute Gasteiger partial charge is 0.191 e. The Bertz CT molecular complexity index is 351. The molecule has 0 spiro atoms. The third-order valence-electron chi connectivity index (χ3n) is 5.12. The molecule has 7 heteroatoms. The summed E-state index contributed by atoms with van der Waals surface area (Å²) in [6.07, 6.45) is 4.11. The van der Waals surface area contributed by atoms with Gasteiger partial charge in [-0.3, -0.25) is 9.89 Å². The molecule has 2 saturated heterocycles. The maximum atomic E-state index is 4.35. The van der Waals surface area contributed by atoms with E-state index in [1.807, 2.05) is 7.05 Å². The normalized spacial score (nSPS) is 22.7. The first kappa shape index (κ1) is 21.9. The van der Waals surface area contributed by atoms with Crippen LogP contribution in [0.15, 0.2) is 4.99 Å². The lowest BCUT2D eigenvalue weighted by atomic mass is 10.1. The van der Waals surface area contributed by atoms with Crippen LogP contribution in [0.5, 0.6) is 0 Å². The van der Waals surface area contributed by atoms with Crippen molar-refractivity contribution in [3.8, 4) is 0 Å². The topological polar surface area (TPSA) is 46.1 Å². The van der Waals surface area contributed by atoms with Crippen molar-refractivity contribution in [1.29, 1.82) is 0 Å². The van der Waals surface area contributed by atoms with Crippen molar-refractivity contribution in [3.05, 3.63) is 0 Å². The molecule has 1 atom stereocenters. The lowest BCUT2D eigenvalue weighted by molar-refractivity contribution is 0.120. The molecule has 24 heavy (non-hydrogen) atoms. The summed E-state index contributed by atoms with van der Waals surface area (Å²) in [6.45, 7) is 12.5. The zero-order valence-corrected chi connectivity index (χ0v) is 18.1. The first-order chi connectivity index (χ1) is 11.2. The number of hydrogen-bond donors (Lipinski definition) is 2. The predicted octanol–water partition coefficient (Wildman–Crippen LogP) is 0.891. The van der Waals surface area contributed by atoms with Crippen LogP contribution in [-0.2, 0) is 0 Å². The Morgan fingerprint density at radius 2 is 1.67 bits per heavy atom. The largest absolute Gasteiger partial charge is 0.355 e. The zero-order chi connectivity index (χ0) is 16.5. The number of nitrogens with zero attached hydrogens (tertiary/aromatic N) is 4. The molecule has 2 rings (SSSR count). The van der Waals surface area contributed by atoms with E-state index < -0.39 is 0 Å². The number of likely N-dealkylation sites (tertiary alicyclic amines) is 1. The fourth-order valence-electron chi connectivity index (χ4n) is 3.37. The van der Waals surface area contributed by atoms with Gasteiger partial charge in [-0.15, -0.1) is 24.0 Å². The van der Waals surface area contributed by atoms with E-state index >= 15 is 0 Å². The van der Waals surface area contributed by atoms with Crippen LogP contribution < -0.4 is 10.6 Å². The van der Waals surface area contributed by atoms with E-state index in [9.17, 15) is 0 Å². The molecule has 1 unspecified atom stereocenters. The van der Waals surface area contributed by atoms with Crippen molar-refractivity contribution in [3.63, 3.8) is 0 Å². The Balaban J connectivity index is 0.00000288. The van der Waals surface area contributed by atoms with E-state index in [2.05, 4.69) is 44.3 Å². The predicted molar refractivity (Wildman–Crippen MR) is 114 cm³/mol. The number of aliphatic imine (C=N–C) groups is 1. The highest BCUT2D eigenvalue weighted by atomic mass is 127. The van der Waals surface area contributed by atoms with Gasteiger partial charge < -0.3 is 20.4 Å². The molecule has 0 aromatic rings. The van der Waals surface area contributed by atoms with Gasteiger partial charge in [0.2, 0.25) is 0 Å². The SMILES string of the molecule is CN=C(NCCN1CCCCC1)NCC(C)N1CCN(C)CC1.I. The lowest BCUT2D eigenvalue weighted by Gasteiger charge is -2.36. The minimum Gasteiger partial charge on any atom is -0.355 e. The van der Waals surface area contributed by atoms with E-state index in [-0.39, 0.29) is 24.0 Å². The van der Waals surface area contributed by atoms with Gasteiger partial charge in [-0.25, -0.2) is 0 Å². The van der Waals surface area contributed by atoms with Crippen molar-refractivity contribution in [2.24, 2.45) is 4.99 Å². The van der Waals surface area contributed by atoms with Gasteiger partial charge in [0.1, 0.15) is 0 Å². The van der Waals surface area contributed by atoms with Gasteiger partial charge in [-0.2, -0.15) is 0 Å². The Morgan fingerprint density at radius 1 is 1.00 bits per heavy atom. The Labute approximate surface area is 165 Å². The van der Waals surface area contributed by atoms with Crippen LogP contribution in [0.1, 0.15) is 26.2 Å². The lowest BCUT2D eigenvalue weighted by Crippen LogP contribution is -2.52. The summed E-state index contributed by atoms with van der Waals surface area (Å²) in [5.41, 5.74) is 0. The Kier molecular flexibility index (Phi) is 11.2. The third kappa shape index (κ3) is 7.84. The molecule has 0 radical (unpaired) electrons. The van der Waals surface area contributed by atoms with Crippen LogP contribution in [0, 0.1) is 0 Å². The monoisotopic (exact) mass is 452 g/mol. The van der Waals surface area contributed by atoms with Crippen molar-refractivity contribution in [1.82, 2.24) is 25.3 Å². The summed E-state index contributed by atoms with van der Waals surface area (Å²) in [4.78, 5) is 11.9. The molecule has 2 aliphatic heterocycles. The minimum absolute atomic E-state index is 0. The van der Waals surface area contributed by atoms with E-state index in [1.165, 1.54) is 58.5 Å². The Morgan fingerprint density at radius 3 is 2.29 bits per heavy atom. The standard InChI is InChI=1S/C17H36N6.HI/c1-16(23-13-11-21(3)12-14-23)15-20-17(18-2)19-7-10-22-8-5-4-6-9-22;/h16H,4-15H2,1-3H3,(H2,18,19,20);1H. The molecule has 2 aliphatic rings. The van der Waals surface area contributed by atoms with Crippen molar-refractivity contribution < 1.29 is 0 Å². The number of halogens is 1. The van der Waals surface area contributed by atoms with E-state index in [4.69, 9.17) is 0 Å². The number of hydrogen-bond acceptors (Lipinski definition) is 4. The van der Waals surface area contributed by atoms with Crippen LogP contribution in [0.4, 0.5) is 0 Å². The average Bonchev–Trinajstić information content (AvgIpc) is 2.59. The molecule has 6 nitrogen and oxygen atoms in total. The van der Waals surface area contributed by atoms with Crippen LogP contribution in [0.3, 0.4) is 0 Å². The molecule has 0 aliphatic carbocycles. The second-order valence-corrected chi connectivity index (χ2v) is 6.97. The second kappa shape index (κ2) is 12.3. The molecule has 2 fully saturated rings. The van der Waals surface area contributed by atoms with Crippen LogP contribution in [0.2, 0.25) is 0 Å². The molecule has 0 saturated carbocycles. The molecule has 142 valence electrons. The van der Waals surface area contributed by atoms with E-state index in [1.54, 1.807) is 0 Å². The molecule has 0 aromatic carbocycles. The number of guanidine groups is 1. The number of piperidine rings is 1. The fraction of sp³-hybridized carbons (Fsp3) is 0.941. The van der Waals surface area contributed by atoms with Crippen molar-refractivity contribution in [2.45, 2.75) is 32.2 Å². The van der Waals surface area contributed by atoms with Gasteiger partial charge in [-0.05, 0) is 39.9 Å². The van der Waals surface area contributed by atoms with Crippen molar-refractivity contribution in [2.75, 3.05) is 73.0 Å². The molecule has 2 heterocycles. The number of piperazine rings is 1. The summed E-state index contributed by atoms with van der Waals surface area (Å²) >= 11 is 0. The minimum atomic E-state index is 0. The van der Waals surface area contributed by atoms with Crippen LogP contribution in [-0.4, -0.2) is 99.7 Å². The molecule has 0 amide bonds. The first-order valence-corrected chi connectivity index (χ1v) is 9.28. The van der Waals surface area contributed by atoms with E-state index in [0.717, 1.165) is 25.6 Å². The maximum absolute atomic E-state index is 4.35. The fourth-order valence-corrected chi connectivity index (χ4v) is 3.37. The molecule has 2 N–H and O–H groups in total. The van der Waals surface area contributed by atoms with Gasteiger partial charge in [0.05, 0.1) is 0 Å². The van der Waals surface area contributed by atoms with Gasteiger partial charge in [0, 0.05) is 58.9 Å². The molecule has 0 bridgehead atoms. The molecule has 0 aromatic heterocycles. The quantitative estimate of drug-likeness (QED) is 0.356. The summed E-state index contributed by atoms with van der Waals surface area (Å²) in [5, 5.41) is 6.93. The first-order valence-electron chi connectivity index (χ1n) is 9.28. The zero-order valence-electron chi connectivity index (χ0n) is 15.8. The van der Waals surface area contributed by atoms with E-state index in [0.29, 0.717) is 6.04 Å². The number of nitrogens with one attached hydrogen (secondary N) is 2. The van der Waals surface area contributed by atoms with Crippen LogP contribution >= 0.6 is 24.0 Å². The van der Waals surface area contributed by atoms with Gasteiger partial charge in [0.25, 0.3) is 0 Å². The second-order valence-electron chi connectivity index (χ2n) is 6.97. The van der Waals surface area contributed by atoms with Gasteiger partial charge in [0.15, 0.2) is 5.96 Å². The molecular weight excluding hydrogens is 415 g/mol. The highest BCUT2D eigenvalue weighted by molar-refractivity contribution is 14.0. The van der Waals surface area contributed by atoms with Crippen LogP contribution in [0.25, 0.3) is 0 Å². The van der Waals surface area contributed by atoms with Gasteiger partial charge in [-0.1, -0.05) is 6.42 Å². The summed E-state index contributed by atoms with van der Waals surface area (Å²) in [5.74, 6) is 0.933. The Hall–Kier alpha value is -0.120. The van der Waals surface area contributed by atoms with Gasteiger partial charge >= 0.3 is 0 Å². The van der Waals surface area contributed by atoms with Crippen molar-refractivity contribution >= 4 is 29.9 Å². The summed E-state index contributed by atoms with van der Waals surface area (Å²) in [6, 6.07) is 0.546. The average molecular weight is 452 g/mol.